The van der Waals surface area contributed by atoms with Crippen molar-refractivity contribution in [1.29, 1.82) is 0 Å². The molecule has 0 amide bonds. The van der Waals surface area contributed by atoms with Gasteiger partial charge in [0.05, 0.1) is 24.9 Å². The van der Waals surface area contributed by atoms with Crippen molar-refractivity contribution in [3.05, 3.63) is 12.7 Å². The Morgan fingerprint density at radius 3 is 2.52 bits per heavy atom. The molecule has 1 N–H and O–H groups in total. The van der Waals surface area contributed by atoms with Crippen molar-refractivity contribution < 1.29 is 19.3 Å². The maximum absolute atomic E-state index is 10.4. The Bertz CT molecular complexity index is 406. The Labute approximate surface area is 127 Å². The summed E-state index contributed by atoms with van der Waals surface area (Å²) < 4.78 is 17.9. The number of rotatable bonds is 5. The number of ether oxygens (including phenoxy) is 3. The minimum Gasteiger partial charge on any atom is -0.371 e. The van der Waals surface area contributed by atoms with Crippen LogP contribution in [-0.2, 0) is 14.2 Å². The number of hydrogen-bond donors (Lipinski definition) is 1. The lowest BCUT2D eigenvalue weighted by molar-refractivity contribution is -0.410. The molecule has 1 heterocycles. The van der Waals surface area contributed by atoms with E-state index in [0.717, 1.165) is 6.42 Å². The molecular formula is C17H28O4. The Morgan fingerprint density at radius 2 is 1.95 bits per heavy atom. The molecule has 0 aromatic carbocycles. The summed E-state index contributed by atoms with van der Waals surface area (Å²) in [5, 5.41) is 10.4. The van der Waals surface area contributed by atoms with Gasteiger partial charge in [-0.05, 0) is 29.6 Å². The highest BCUT2D eigenvalue weighted by Gasteiger charge is 2.69. The van der Waals surface area contributed by atoms with E-state index in [1.54, 1.807) is 13.0 Å². The molecule has 3 aliphatic rings. The quantitative estimate of drug-likeness (QED) is 0.792. The first kappa shape index (κ1) is 15.5. The molecule has 120 valence electrons. The molecular weight excluding hydrogens is 268 g/mol. The molecule has 0 radical (unpaired) electrons. The van der Waals surface area contributed by atoms with Gasteiger partial charge in [-0.3, -0.25) is 0 Å². The zero-order valence-corrected chi connectivity index (χ0v) is 13.5. The topological polar surface area (TPSA) is 47.9 Å². The van der Waals surface area contributed by atoms with Crippen LogP contribution in [0.2, 0.25) is 0 Å². The molecule has 3 fully saturated rings. The van der Waals surface area contributed by atoms with Crippen molar-refractivity contribution in [2.24, 2.45) is 29.6 Å². The number of hydrogen-bond acceptors (Lipinski definition) is 4. The molecule has 21 heavy (non-hydrogen) atoms. The first-order valence-corrected chi connectivity index (χ1v) is 8.21. The van der Waals surface area contributed by atoms with E-state index in [4.69, 9.17) is 14.2 Å². The Hall–Kier alpha value is -0.420. The number of fused-ring (bicyclic) bond motifs is 1. The summed E-state index contributed by atoms with van der Waals surface area (Å²) in [6, 6.07) is 0. The van der Waals surface area contributed by atoms with Crippen LogP contribution < -0.4 is 0 Å². The highest BCUT2D eigenvalue weighted by atomic mass is 16.8. The highest BCUT2D eigenvalue weighted by molar-refractivity contribution is 5.15. The van der Waals surface area contributed by atoms with E-state index in [2.05, 4.69) is 27.4 Å². The van der Waals surface area contributed by atoms with Crippen LogP contribution in [0.3, 0.4) is 0 Å². The van der Waals surface area contributed by atoms with Gasteiger partial charge in [-0.2, -0.15) is 0 Å². The molecule has 1 aliphatic heterocycles. The minimum atomic E-state index is -1.51. The maximum Gasteiger partial charge on any atom is 0.277 e. The van der Waals surface area contributed by atoms with Crippen molar-refractivity contribution in [3.8, 4) is 0 Å². The smallest absolute Gasteiger partial charge is 0.277 e. The van der Waals surface area contributed by atoms with Gasteiger partial charge in [0, 0.05) is 6.92 Å². The van der Waals surface area contributed by atoms with E-state index in [0.29, 0.717) is 36.2 Å². The fourth-order valence-electron chi connectivity index (χ4n) is 5.01. The van der Waals surface area contributed by atoms with Gasteiger partial charge < -0.3 is 19.3 Å². The summed E-state index contributed by atoms with van der Waals surface area (Å²) in [5.41, 5.74) is 0. The van der Waals surface area contributed by atoms with Gasteiger partial charge in [-0.25, -0.2) is 0 Å². The van der Waals surface area contributed by atoms with Gasteiger partial charge in [-0.15, -0.1) is 6.58 Å². The summed E-state index contributed by atoms with van der Waals surface area (Å²) in [4.78, 5) is 0. The van der Waals surface area contributed by atoms with E-state index in [9.17, 15) is 5.11 Å². The van der Waals surface area contributed by atoms with Gasteiger partial charge in [0.1, 0.15) is 0 Å². The van der Waals surface area contributed by atoms with Crippen LogP contribution in [0.1, 0.15) is 34.1 Å². The monoisotopic (exact) mass is 296 g/mol. The Kier molecular flexibility index (Phi) is 3.93. The second kappa shape index (κ2) is 5.34. The normalized spacial score (nSPS) is 51.6. The van der Waals surface area contributed by atoms with E-state index < -0.39 is 5.97 Å². The molecule has 0 spiro atoms. The molecule has 2 bridgehead atoms. The SMILES string of the molecule is C=CCOC1C2OC(C)(O)OC3C(C(C)C)C1C3C2CC. The average molecular weight is 296 g/mol. The van der Waals surface area contributed by atoms with E-state index in [1.807, 2.05) is 0 Å². The summed E-state index contributed by atoms with van der Waals surface area (Å²) in [6.07, 6.45) is 2.84. The predicted octanol–water partition coefficient (Wildman–Crippen LogP) is 2.57. The Morgan fingerprint density at radius 1 is 1.29 bits per heavy atom. The van der Waals surface area contributed by atoms with Crippen molar-refractivity contribution in [1.82, 2.24) is 0 Å². The summed E-state index contributed by atoms with van der Waals surface area (Å²) in [7, 11) is 0. The largest absolute Gasteiger partial charge is 0.371 e. The molecule has 2 aliphatic carbocycles. The summed E-state index contributed by atoms with van der Waals surface area (Å²) in [6.45, 7) is 12.5. The van der Waals surface area contributed by atoms with Crippen molar-refractivity contribution >= 4 is 0 Å². The molecule has 1 saturated heterocycles. The third-order valence-electron chi connectivity index (χ3n) is 5.62. The molecule has 4 heteroatoms. The van der Waals surface area contributed by atoms with Gasteiger partial charge >= 0.3 is 0 Å². The minimum absolute atomic E-state index is 0.0389. The van der Waals surface area contributed by atoms with Crippen LogP contribution in [0.5, 0.6) is 0 Å². The van der Waals surface area contributed by atoms with Gasteiger partial charge in [0.2, 0.25) is 0 Å². The predicted molar refractivity (Wildman–Crippen MR) is 79.4 cm³/mol. The maximum atomic E-state index is 10.4. The van der Waals surface area contributed by atoms with Crippen molar-refractivity contribution in [2.75, 3.05) is 6.61 Å². The van der Waals surface area contributed by atoms with Crippen molar-refractivity contribution in [3.63, 3.8) is 0 Å². The Balaban J connectivity index is 1.94. The van der Waals surface area contributed by atoms with Gasteiger partial charge in [0.25, 0.3) is 5.97 Å². The van der Waals surface area contributed by atoms with E-state index in [-0.39, 0.29) is 18.3 Å². The zero-order chi connectivity index (χ0) is 15.4. The summed E-state index contributed by atoms with van der Waals surface area (Å²) >= 11 is 0. The molecule has 0 aromatic heterocycles. The van der Waals surface area contributed by atoms with Crippen LogP contribution in [0.25, 0.3) is 0 Å². The number of aliphatic hydroxyl groups is 1. The lowest BCUT2D eigenvalue weighted by Gasteiger charge is -2.54. The fourth-order valence-corrected chi connectivity index (χ4v) is 5.01. The fraction of sp³-hybridized carbons (Fsp3) is 0.882. The highest BCUT2D eigenvalue weighted by Crippen LogP contribution is 2.62. The molecule has 8 unspecified atom stereocenters. The van der Waals surface area contributed by atoms with Gasteiger partial charge in [0.15, 0.2) is 0 Å². The van der Waals surface area contributed by atoms with Crippen LogP contribution in [0.4, 0.5) is 0 Å². The second-order valence-corrected chi connectivity index (χ2v) is 7.20. The molecule has 2 saturated carbocycles. The first-order chi connectivity index (χ1) is 9.91. The van der Waals surface area contributed by atoms with Crippen LogP contribution in [0.15, 0.2) is 12.7 Å². The molecule has 8 atom stereocenters. The average Bonchev–Trinajstić information content (AvgIpc) is 2.56. The third-order valence-corrected chi connectivity index (χ3v) is 5.62. The van der Waals surface area contributed by atoms with Crippen LogP contribution >= 0.6 is 0 Å². The lowest BCUT2D eigenvalue weighted by atomic mass is 9.57. The van der Waals surface area contributed by atoms with E-state index in [1.165, 1.54) is 0 Å². The molecule has 4 nitrogen and oxygen atoms in total. The van der Waals surface area contributed by atoms with Gasteiger partial charge in [-0.1, -0.05) is 33.3 Å². The standard InChI is InChI=1S/C17H28O4/c1-6-8-19-16-13-11(9(3)4)15-12(13)10(7-2)14(16)20-17(5,18)21-15/h6,9-16,18H,1,7-8H2,2-5H3. The third kappa shape index (κ3) is 2.27. The molecule has 3 rings (SSSR count). The van der Waals surface area contributed by atoms with Crippen molar-refractivity contribution in [2.45, 2.75) is 58.4 Å². The summed E-state index contributed by atoms with van der Waals surface area (Å²) in [5.74, 6) is 0.748. The second-order valence-electron chi connectivity index (χ2n) is 7.20. The van der Waals surface area contributed by atoms with Crippen LogP contribution in [-0.4, -0.2) is 36.0 Å². The van der Waals surface area contributed by atoms with Crippen LogP contribution in [0, 0.1) is 29.6 Å². The molecule has 0 aromatic rings. The lowest BCUT2D eigenvalue weighted by Crippen LogP contribution is -2.61. The first-order valence-electron chi connectivity index (χ1n) is 8.21. The zero-order valence-electron chi connectivity index (χ0n) is 13.5. The van der Waals surface area contributed by atoms with E-state index >= 15 is 0 Å².